The van der Waals surface area contributed by atoms with Gasteiger partial charge in [0.1, 0.15) is 5.69 Å². The molecule has 1 aliphatic heterocycles. The number of pyridine rings is 1. The molecule has 0 bridgehead atoms. The molecule has 0 unspecified atom stereocenters. The predicted molar refractivity (Wildman–Crippen MR) is 91.9 cm³/mol. The van der Waals surface area contributed by atoms with E-state index in [0.717, 1.165) is 0 Å². The summed E-state index contributed by atoms with van der Waals surface area (Å²) in [5.41, 5.74) is 0.931. The Morgan fingerprint density at radius 2 is 1.64 bits per heavy atom. The third kappa shape index (κ3) is 3.85. The molecule has 3 rings (SSSR count). The molecule has 0 spiro atoms. The molecule has 2 amide bonds. The lowest BCUT2D eigenvalue weighted by Crippen LogP contribution is -2.37. The number of carbonyl (C=O) groups excluding carboxylic acids is 2. The first-order valence-electron chi connectivity index (χ1n) is 7.86. The van der Waals surface area contributed by atoms with Crippen LogP contribution in [0, 0.1) is 0 Å². The van der Waals surface area contributed by atoms with E-state index in [-0.39, 0.29) is 17.5 Å². The van der Waals surface area contributed by atoms with Gasteiger partial charge in [-0.2, -0.15) is 11.3 Å². The van der Waals surface area contributed by atoms with Crippen molar-refractivity contribution in [2.24, 2.45) is 0 Å². The lowest BCUT2D eigenvalue weighted by Gasteiger charge is -2.22. The Balaban J connectivity index is 1.65. The van der Waals surface area contributed by atoms with Crippen LogP contribution in [-0.4, -0.2) is 63.9 Å². The Morgan fingerprint density at radius 1 is 0.960 bits per heavy atom. The molecule has 2 aromatic heterocycles. The van der Waals surface area contributed by atoms with Crippen LogP contribution >= 0.6 is 11.3 Å². The zero-order valence-electron chi connectivity index (χ0n) is 13.4. The van der Waals surface area contributed by atoms with E-state index in [9.17, 15) is 14.4 Å². The van der Waals surface area contributed by atoms with Crippen molar-refractivity contribution in [3.05, 3.63) is 52.0 Å². The van der Waals surface area contributed by atoms with Gasteiger partial charge in [-0.1, -0.05) is 0 Å². The fraction of sp³-hybridized carbons (Fsp3) is 0.294. The third-order valence-corrected chi connectivity index (χ3v) is 4.75. The number of amides is 2. The lowest BCUT2D eigenvalue weighted by molar-refractivity contribution is 0.0687. The molecule has 0 atom stereocenters. The Bertz CT molecular complexity index is 774. The second-order valence-corrected chi connectivity index (χ2v) is 6.47. The molecule has 0 radical (unpaired) electrons. The van der Waals surface area contributed by atoms with Gasteiger partial charge in [0, 0.05) is 37.8 Å². The number of thiophene rings is 1. The van der Waals surface area contributed by atoms with Gasteiger partial charge in [0.2, 0.25) is 0 Å². The van der Waals surface area contributed by atoms with Crippen LogP contribution in [0.3, 0.4) is 0 Å². The molecule has 1 fully saturated rings. The Morgan fingerprint density at radius 3 is 2.16 bits per heavy atom. The SMILES string of the molecule is O=C(O)c1ccc(C(=O)N2CCCN(C(=O)c3ccsc3)CC2)cn1. The second-order valence-electron chi connectivity index (χ2n) is 5.69. The molecule has 1 saturated heterocycles. The first kappa shape index (κ1) is 17.1. The molecule has 0 aromatic carbocycles. The van der Waals surface area contributed by atoms with Crippen molar-refractivity contribution in [2.45, 2.75) is 6.42 Å². The number of aromatic carboxylic acids is 1. The average molecular weight is 359 g/mol. The number of hydrogen-bond acceptors (Lipinski definition) is 5. The highest BCUT2D eigenvalue weighted by Crippen LogP contribution is 2.14. The quantitative estimate of drug-likeness (QED) is 0.903. The molecule has 0 saturated carbocycles. The number of hydrogen-bond donors (Lipinski definition) is 1. The number of rotatable bonds is 3. The van der Waals surface area contributed by atoms with Gasteiger partial charge in [0.15, 0.2) is 0 Å². The van der Waals surface area contributed by atoms with Crippen LogP contribution in [-0.2, 0) is 0 Å². The molecule has 130 valence electrons. The average Bonchev–Trinajstić information content (AvgIpc) is 3.05. The van der Waals surface area contributed by atoms with E-state index < -0.39 is 5.97 Å². The molecule has 1 N–H and O–H groups in total. The monoisotopic (exact) mass is 359 g/mol. The number of carboxylic acids is 1. The third-order valence-electron chi connectivity index (χ3n) is 4.07. The van der Waals surface area contributed by atoms with Crippen LogP contribution in [0.1, 0.15) is 37.6 Å². The molecule has 0 aliphatic carbocycles. The van der Waals surface area contributed by atoms with Crippen molar-refractivity contribution in [1.82, 2.24) is 14.8 Å². The molecular formula is C17H17N3O4S. The molecule has 7 nitrogen and oxygen atoms in total. The van der Waals surface area contributed by atoms with Crippen molar-refractivity contribution in [3.63, 3.8) is 0 Å². The molecule has 2 aromatic rings. The summed E-state index contributed by atoms with van der Waals surface area (Å²) in [5.74, 6) is -1.34. The van der Waals surface area contributed by atoms with E-state index in [1.54, 1.807) is 15.9 Å². The van der Waals surface area contributed by atoms with Gasteiger partial charge in [0.05, 0.1) is 11.1 Å². The minimum atomic E-state index is -1.13. The summed E-state index contributed by atoms with van der Waals surface area (Å²) in [7, 11) is 0. The van der Waals surface area contributed by atoms with Gasteiger partial charge in [-0.05, 0) is 30.0 Å². The minimum Gasteiger partial charge on any atom is -0.477 e. The van der Waals surface area contributed by atoms with Crippen molar-refractivity contribution >= 4 is 29.1 Å². The van der Waals surface area contributed by atoms with Crippen LogP contribution in [0.2, 0.25) is 0 Å². The van der Waals surface area contributed by atoms with Gasteiger partial charge < -0.3 is 14.9 Å². The van der Waals surface area contributed by atoms with Crippen LogP contribution in [0.25, 0.3) is 0 Å². The normalized spacial score (nSPS) is 14.9. The first-order chi connectivity index (χ1) is 12.1. The maximum atomic E-state index is 12.6. The van der Waals surface area contributed by atoms with Gasteiger partial charge >= 0.3 is 5.97 Å². The summed E-state index contributed by atoms with van der Waals surface area (Å²) < 4.78 is 0. The van der Waals surface area contributed by atoms with E-state index in [4.69, 9.17) is 5.11 Å². The van der Waals surface area contributed by atoms with Crippen LogP contribution in [0.4, 0.5) is 0 Å². The van der Waals surface area contributed by atoms with Crippen LogP contribution in [0.15, 0.2) is 35.2 Å². The highest BCUT2D eigenvalue weighted by molar-refractivity contribution is 7.08. The lowest BCUT2D eigenvalue weighted by atomic mass is 10.2. The van der Waals surface area contributed by atoms with E-state index in [0.29, 0.717) is 43.7 Å². The largest absolute Gasteiger partial charge is 0.477 e. The van der Waals surface area contributed by atoms with Crippen LogP contribution < -0.4 is 0 Å². The standard InChI is InChI=1S/C17H17N3O4S/c21-15(12-2-3-14(17(23)24)18-10-12)19-5-1-6-20(8-7-19)16(22)13-4-9-25-11-13/h2-4,9-11H,1,5-8H2,(H,23,24). The van der Waals surface area contributed by atoms with Crippen molar-refractivity contribution in [1.29, 1.82) is 0 Å². The molecular weight excluding hydrogens is 342 g/mol. The molecule has 8 heteroatoms. The molecule has 25 heavy (non-hydrogen) atoms. The fourth-order valence-electron chi connectivity index (χ4n) is 2.72. The second kappa shape index (κ2) is 7.43. The summed E-state index contributed by atoms with van der Waals surface area (Å²) in [6.07, 6.45) is 1.98. The number of nitrogens with zero attached hydrogens (tertiary/aromatic N) is 3. The molecule has 3 heterocycles. The number of aromatic nitrogens is 1. The maximum absolute atomic E-state index is 12.6. The smallest absolute Gasteiger partial charge is 0.354 e. The summed E-state index contributed by atoms with van der Waals surface area (Å²) in [4.78, 5) is 43.1. The topological polar surface area (TPSA) is 90.8 Å². The van der Waals surface area contributed by atoms with Gasteiger partial charge in [-0.25, -0.2) is 9.78 Å². The van der Waals surface area contributed by atoms with Crippen LogP contribution in [0.5, 0.6) is 0 Å². The zero-order chi connectivity index (χ0) is 17.8. The Hall–Kier alpha value is -2.74. The Labute approximate surface area is 148 Å². The zero-order valence-corrected chi connectivity index (χ0v) is 14.2. The minimum absolute atomic E-state index is 0.0111. The Kier molecular flexibility index (Phi) is 5.08. The number of carbonyl (C=O) groups is 3. The highest BCUT2D eigenvalue weighted by Gasteiger charge is 2.24. The highest BCUT2D eigenvalue weighted by atomic mass is 32.1. The van der Waals surface area contributed by atoms with Gasteiger partial charge in [0.25, 0.3) is 11.8 Å². The fourth-order valence-corrected chi connectivity index (χ4v) is 3.35. The molecule has 1 aliphatic rings. The maximum Gasteiger partial charge on any atom is 0.354 e. The van der Waals surface area contributed by atoms with Gasteiger partial charge in [-0.3, -0.25) is 9.59 Å². The van der Waals surface area contributed by atoms with Crippen molar-refractivity contribution in [2.75, 3.05) is 26.2 Å². The summed E-state index contributed by atoms with van der Waals surface area (Å²) in [6, 6.07) is 4.59. The summed E-state index contributed by atoms with van der Waals surface area (Å²) >= 11 is 1.48. The van der Waals surface area contributed by atoms with Gasteiger partial charge in [-0.15, -0.1) is 0 Å². The van der Waals surface area contributed by atoms with E-state index in [1.807, 2.05) is 10.8 Å². The summed E-state index contributed by atoms with van der Waals surface area (Å²) in [6.45, 7) is 2.07. The van der Waals surface area contributed by atoms with Crippen molar-refractivity contribution < 1.29 is 19.5 Å². The predicted octanol–water partition coefficient (Wildman–Crippen LogP) is 1.83. The number of carboxylic acid groups (broad SMARTS) is 1. The van der Waals surface area contributed by atoms with E-state index >= 15 is 0 Å². The first-order valence-corrected chi connectivity index (χ1v) is 8.80. The summed E-state index contributed by atoms with van der Waals surface area (Å²) in [5, 5.41) is 12.6. The van der Waals surface area contributed by atoms with Crippen molar-refractivity contribution in [3.8, 4) is 0 Å². The van der Waals surface area contributed by atoms with E-state index in [1.165, 1.54) is 29.7 Å². The van der Waals surface area contributed by atoms with E-state index in [2.05, 4.69) is 4.98 Å².